The van der Waals surface area contributed by atoms with Crippen LogP contribution in [0.4, 0.5) is 14.6 Å². The standard InChI is InChI=1S/C28H28F2N6O2S/c1-39-25-6-5-18(29)10-22(25)23-11-19(30)14-35(23)27-8-7-26-31-12-24(36(26)33-27)28(38)32-20-15-34(16-20)13-17-3-2-4-21(37)9-17/h2-10,12,19-20,23,37H,11,13-16H2,1H3,(H,32,38)/t19-,23+/m0/s1. The number of benzene rings is 2. The minimum Gasteiger partial charge on any atom is -0.508 e. The minimum atomic E-state index is -1.09. The molecule has 202 valence electrons. The number of nitrogens with zero attached hydrogens (tertiary/aromatic N) is 5. The number of aromatic hydroxyl groups is 1. The quantitative estimate of drug-likeness (QED) is 0.334. The van der Waals surface area contributed by atoms with E-state index in [1.54, 1.807) is 30.3 Å². The number of hydrogen-bond donors (Lipinski definition) is 2. The van der Waals surface area contributed by atoms with Gasteiger partial charge in [-0.3, -0.25) is 9.69 Å². The van der Waals surface area contributed by atoms with Gasteiger partial charge in [-0.05, 0) is 59.8 Å². The monoisotopic (exact) mass is 550 g/mol. The lowest BCUT2D eigenvalue weighted by molar-refractivity contribution is 0.0789. The molecule has 11 heteroatoms. The van der Waals surface area contributed by atoms with Gasteiger partial charge in [-0.15, -0.1) is 16.9 Å². The lowest BCUT2D eigenvalue weighted by Crippen LogP contribution is -2.58. The third-order valence-corrected chi connectivity index (χ3v) is 8.10. The van der Waals surface area contributed by atoms with Crippen molar-refractivity contribution < 1.29 is 18.7 Å². The predicted molar refractivity (Wildman–Crippen MR) is 145 cm³/mol. The van der Waals surface area contributed by atoms with Gasteiger partial charge in [0.05, 0.1) is 24.8 Å². The topological polar surface area (TPSA) is 86.0 Å². The van der Waals surface area contributed by atoms with Crippen molar-refractivity contribution in [2.24, 2.45) is 0 Å². The summed E-state index contributed by atoms with van der Waals surface area (Å²) >= 11 is 1.50. The number of halogens is 2. The predicted octanol–water partition coefficient (Wildman–Crippen LogP) is 4.20. The van der Waals surface area contributed by atoms with Crippen molar-refractivity contribution in [2.75, 3.05) is 30.8 Å². The molecule has 0 radical (unpaired) electrons. The molecule has 2 atom stereocenters. The van der Waals surface area contributed by atoms with Gasteiger partial charge < -0.3 is 15.3 Å². The molecule has 0 spiro atoms. The van der Waals surface area contributed by atoms with E-state index in [9.17, 15) is 18.7 Å². The number of phenols is 1. The molecule has 2 fully saturated rings. The molecular weight excluding hydrogens is 522 g/mol. The number of carbonyl (C=O) groups is 1. The molecule has 8 nitrogen and oxygen atoms in total. The number of imidazole rings is 1. The molecule has 4 aromatic rings. The van der Waals surface area contributed by atoms with Gasteiger partial charge in [0.15, 0.2) is 11.3 Å². The molecule has 2 aromatic heterocycles. The highest BCUT2D eigenvalue weighted by Gasteiger charge is 2.36. The van der Waals surface area contributed by atoms with Crippen LogP contribution in [0, 0.1) is 5.82 Å². The number of rotatable bonds is 7. The third kappa shape index (κ3) is 5.16. The summed E-state index contributed by atoms with van der Waals surface area (Å²) in [5, 5.41) is 17.4. The van der Waals surface area contributed by atoms with Gasteiger partial charge in [-0.2, -0.15) is 0 Å². The molecule has 1 amide bonds. The molecule has 0 aliphatic carbocycles. The molecule has 4 heterocycles. The highest BCUT2D eigenvalue weighted by atomic mass is 32.2. The average Bonchev–Trinajstić information content (AvgIpc) is 3.50. The summed E-state index contributed by atoms with van der Waals surface area (Å²) in [4.78, 5) is 22.4. The Kier molecular flexibility index (Phi) is 6.86. The maximum absolute atomic E-state index is 14.7. The zero-order chi connectivity index (χ0) is 27.1. The van der Waals surface area contributed by atoms with Gasteiger partial charge >= 0.3 is 0 Å². The first-order valence-corrected chi connectivity index (χ1v) is 14.0. The number of likely N-dealkylation sites (tertiary alicyclic amines) is 1. The molecule has 39 heavy (non-hydrogen) atoms. The maximum Gasteiger partial charge on any atom is 0.271 e. The largest absolute Gasteiger partial charge is 0.508 e. The highest BCUT2D eigenvalue weighted by molar-refractivity contribution is 7.98. The summed E-state index contributed by atoms with van der Waals surface area (Å²) in [6.45, 7) is 2.20. The van der Waals surface area contributed by atoms with Gasteiger partial charge in [0.1, 0.15) is 23.6 Å². The van der Waals surface area contributed by atoms with Crippen LogP contribution in [0.3, 0.4) is 0 Å². The van der Waals surface area contributed by atoms with Crippen LogP contribution in [0.25, 0.3) is 5.65 Å². The van der Waals surface area contributed by atoms with E-state index in [0.29, 0.717) is 36.8 Å². The second kappa shape index (κ2) is 10.5. The third-order valence-electron chi connectivity index (χ3n) is 7.29. The number of alkyl halides is 1. The number of phenolic OH excluding ortho intramolecular Hbond substituents is 1. The first-order valence-electron chi connectivity index (χ1n) is 12.8. The van der Waals surface area contributed by atoms with Crippen LogP contribution in [-0.2, 0) is 6.54 Å². The molecule has 2 aliphatic rings. The Balaban J connectivity index is 1.18. The van der Waals surface area contributed by atoms with Gasteiger partial charge in [-0.1, -0.05) is 12.1 Å². The maximum atomic E-state index is 14.7. The van der Waals surface area contributed by atoms with E-state index in [-0.39, 0.29) is 42.5 Å². The van der Waals surface area contributed by atoms with E-state index in [1.165, 1.54) is 34.6 Å². The Bertz CT molecular complexity index is 1530. The van der Waals surface area contributed by atoms with Gasteiger partial charge in [-0.25, -0.2) is 18.3 Å². The summed E-state index contributed by atoms with van der Waals surface area (Å²) in [5.41, 5.74) is 2.54. The van der Waals surface area contributed by atoms with E-state index >= 15 is 0 Å². The SMILES string of the molecule is CSc1ccc(F)cc1[C@H]1C[C@H](F)CN1c1ccc2ncc(C(=O)NC3CN(Cc4cccc(O)c4)C3)n2n1. The smallest absolute Gasteiger partial charge is 0.271 e. The lowest BCUT2D eigenvalue weighted by atomic mass is 10.0. The Morgan fingerprint density at radius 3 is 2.79 bits per heavy atom. The van der Waals surface area contributed by atoms with Crippen LogP contribution < -0.4 is 10.2 Å². The normalized spacial score (nSPS) is 19.9. The Hall–Kier alpha value is -3.70. The summed E-state index contributed by atoms with van der Waals surface area (Å²) in [5.74, 6) is 0.0843. The van der Waals surface area contributed by atoms with Gasteiger partial charge in [0.25, 0.3) is 5.91 Å². The molecule has 6 rings (SSSR count). The Morgan fingerprint density at radius 2 is 2.00 bits per heavy atom. The van der Waals surface area contributed by atoms with E-state index in [2.05, 4.69) is 20.3 Å². The van der Waals surface area contributed by atoms with Crippen molar-refractivity contribution >= 4 is 29.1 Å². The van der Waals surface area contributed by atoms with E-state index in [1.807, 2.05) is 23.3 Å². The fraction of sp³-hybridized carbons (Fsp3) is 0.321. The van der Waals surface area contributed by atoms with Crippen molar-refractivity contribution in [2.45, 2.75) is 36.1 Å². The molecule has 2 aliphatic heterocycles. The van der Waals surface area contributed by atoms with Crippen molar-refractivity contribution in [3.63, 3.8) is 0 Å². The van der Waals surface area contributed by atoms with E-state index in [0.717, 1.165) is 16.0 Å². The Labute approximate surface area is 228 Å². The van der Waals surface area contributed by atoms with Crippen LogP contribution in [-0.4, -0.2) is 68.6 Å². The minimum absolute atomic E-state index is 0.0169. The summed E-state index contributed by atoms with van der Waals surface area (Å²) < 4.78 is 30.3. The van der Waals surface area contributed by atoms with Crippen LogP contribution in [0.2, 0.25) is 0 Å². The van der Waals surface area contributed by atoms with Crippen LogP contribution in [0.15, 0.2) is 65.7 Å². The zero-order valence-corrected chi connectivity index (χ0v) is 22.1. The molecular formula is C28H28F2N6O2S. The van der Waals surface area contributed by atoms with Crippen LogP contribution >= 0.6 is 11.8 Å². The number of fused-ring (bicyclic) bond motifs is 1. The number of hydrogen-bond acceptors (Lipinski definition) is 7. The second-order valence-corrected chi connectivity index (χ2v) is 10.9. The number of anilines is 1. The van der Waals surface area contributed by atoms with Crippen molar-refractivity contribution in [3.05, 3.63) is 83.4 Å². The number of carbonyl (C=O) groups excluding carboxylic acids is 1. The average molecular weight is 551 g/mol. The van der Waals surface area contributed by atoms with Crippen LogP contribution in [0.1, 0.15) is 34.1 Å². The molecule has 0 unspecified atom stereocenters. The first-order chi connectivity index (χ1) is 18.9. The number of thioether (sulfide) groups is 1. The van der Waals surface area contributed by atoms with Crippen molar-refractivity contribution in [3.8, 4) is 5.75 Å². The number of nitrogens with one attached hydrogen (secondary N) is 1. The van der Waals surface area contributed by atoms with Gasteiger partial charge in [0.2, 0.25) is 0 Å². The summed E-state index contributed by atoms with van der Waals surface area (Å²) in [6, 6.07) is 14.9. The van der Waals surface area contributed by atoms with Crippen molar-refractivity contribution in [1.29, 1.82) is 0 Å². The van der Waals surface area contributed by atoms with Crippen molar-refractivity contribution in [1.82, 2.24) is 24.8 Å². The number of aromatic nitrogens is 3. The fourth-order valence-corrected chi connectivity index (χ4v) is 6.07. The fourth-order valence-electron chi connectivity index (χ4n) is 5.43. The number of amides is 1. The van der Waals surface area contributed by atoms with Gasteiger partial charge in [0, 0.05) is 31.0 Å². The molecule has 2 saturated heterocycles. The first kappa shape index (κ1) is 25.6. The van der Waals surface area contributed by atoms with E-state index in [4.69, 9.17) is 0 Å². The molecule has 0 saturated carbocycles. The highest BCUT2D eigenvalue weighted by Crippen LogP contribution is 2.40. The Morgan fingerprint density at radius 1 is 1.15 bits per heavy atom. The molecule has 2 N–H and O–H groups in total. The van der Waals surface area contributed by atoms with Crippen LogP contribution in [0.5, 0.6) is 5.75 Å². The lowest BCUT2D eigenvalue weighted by Gasteiger charge is -2.39. The zero-order valence-electron chi connectivity index (χ0n) is 21.3. The second-order valence-electron chi connectivity index (χ2n) is 10.0. The van der Waals surface area contributed by atoms with E-state index < -0.39 is 6.17 Å². The summed E-state index contributed by atoms with van der Waals surface area (Å²) in [6.07, 6.45) is 2.55. The molecule has 0 bridgehead atoms. The summed E-state index contributed by atoms with van der Waals surface area (Å²) in [7, 11) is 0. The molecule has 2 aromatic carbocycles.